The van der Waals surface area contributed by atoms with Crippen LogP contribution in [-0.2, 0) is 4.79 Å². The number of amides is 1. The Balaban J connectivity index is 1.94. The van der Waals surface area contributed by atoms with Gasteiger partial charge >= 0.3 is 0 Å². The number of benzene rings is 1. The number of hydrogen-bond acceptors (Lipinski definition) is 5. The van der Waals surface area contributed by atoms with Crippen molar-refractivity contribution in [3.8, 4) is 0 Å². The van der Waals surface area contributed by atoms with Gasteiger partial charge in [-0.25, -0.2) is 9.38 Å². The molecule has 0 radical (unpaired) electrons. The number of carbonyl (C=O) groups is 1. The molecule has 5 N–H and O–H groups in total. The summed E-state index contributed by atoms with van der Waals surface area (Å²) in [7, 11) is 1.64. The van der Waals surface area contributed by atoms with Gasteiger partial charge in [0.25, 0.3) is 0 Å². The summed E-state index contributed by atoms with van der Waals surface area (Å²) in [5.74, 6) is 0.390. The summed E-state index contributed by atoms with van der Waals surface area (Å²) in [5.41, 5.74) is 15.2. The average Bonchev–Trinajstić information content (AvgIpc) is 3.56. The van der Waals surface area contributed by atoms with Crippen molar-refractivity contribution in [2.24, 2.45) is 27.4 Å². The van der Waals surface area contributed by atoms with Gasteiger partial charge in [0.15, 0.2) is 0 Å². The normalized spacial score (nSPS) is 18.3. The average molecular weight is 413 g/mol. The molecule has 0 spiro atoms. The number of nitrogens with one attached hydrogen (secondary N) is 1. The molecule has 1 fully saturated rings. The maximum Gasteiger partial charge on any atom is 0.219 e. The van der Waals surface area contributed by atoms with Crippen LogP contribution in [0.3, 0.4) is 0 Å². The monoisotopic (exact) mass is 412 g/mol. The molecule has 1 aliphatic heterocycles. The summed E-state index contributed by atoms with van der Waals surface area (Å²) in [6.07, 6.45) is 6.14. The van der Waals surface area contributed by atoms with Crippen LogP contribution in [0, 0.1) is 11.7 Å². The van der Waals surface area contributed by atoms with E-state index in [-0.39, 0.29) is 17.4 Å². The Bertz CT molecular complexity index is 930. The molecule has 0 saturated heterocycles. The van der Waals surface area contributed by atoms with E-state index < -0.39 is 5.82 Å². The fourth-order valence-electron chi connectivity index (χ4n) is 3.38. The van der Waals surface area contributed by atoms with E-state index >= 15 is 0 Å². The first-order valence-electron chi connectivity index (χ1n) is 10.1. The van der Waals surface area contributed by atoms with Gasteiger partial charge in [-0.15, -0.1) is 0 Å². The zero-order valence-electron chi connectivity index (χ0n) is 17.5. The quantitative estimate of drug-likeness (QED) is 0.472. The summed E-state index contributed by atoms with van der Waals surface area (Å²) < 4.78 is 14.5. The van der Waals surface area contributed by atoms with Crippen molar-refractivity contribution >= 4 is 29.2 Å². The largest absolute Gasteiger partial charge is 0.404 e. The van der Waals surface area contributed by atoms with E-state index in [2.05, 4.69) is 15.3 Å². The smallest absolute Gasteiger partial charge is 0.219 e. The van der Waals surface area contributed by atoms with Gasteiger partial charge < -0.3 is 21.7 Å². The molecule has 0 unspecified atom stereocenters. The molecule has 1 amide bonds. The minimum absolute atomic E-state index is 0.0219. The molecule has 1 heterocycles. The second-order valence-corrected chi connectivity index (χ2v) is 7.64. The van der Waals surface area contributed by atoms with E-state index in [1.165, 1.54) is 32.0 Å². The summed E-state index contributed by atoms with van der Waals surface area (Å²) in [6, 6.07) is 4.54. The molecule has 7 nitrogen and oxygen atoms in total. The van der Waals surface area contributed by atoms with E-state index in [4.69, 9.17) is 11.5 Å². The third kappa shape index (κ3) is 5.25. The van der Waals surface area contributed by atoms with E-state index in [0.29, 0.717) is 36.6 Å². The van der Waals surface area contributed by atoms with Gasteiger partial charge in [0.1, 0.15) is 17.3 Å². The highest BCUT2D eigenvalue weighted by Crippen LogP contribution is 2.29. The Morgan fingerprint density at radius 2 is 2.17 bits per heavy atom. The minimum Gasteiger partial charge on any atom is -0.404 e. The van der Waals surface area contributed by atoms with Crippen LogP contribution in [0.5, 0.6) is 0 Å². The van der Waals surface area contributed by atoms with Gasteiger partial charge in [0.05, 0.1) is 6.54 Å². The fraction of sp³-hybridized carbons (Fsp3) is 0.409. The number of allylic oxidation sites excluding steroid dienone is 1. The van der Waals surface area contributed by atoms with Crippen LogP contribution in [0.1, 0.15) is 31.7 Å². The fourth-order valence-corrected chi connectivity index (χ4v) is 3.38. The zero-order valence-corrected chi connectivity index (χ0v) is 17.5. The number of rotatable bonds is 7. The SMILES string of the molecule is CN=CC(=CN)c1ccc(F)c(N=C(N)C2=C(NCC3CC3)CCN(C(C)=O)C2)c1. The molecule has 0 aromatic heterocycles. The minimum atomic E-state index is -0.487. The molecule has 1 aliphatic carbocycles. The molecule has 160 valence electrons. The van der Waals surface area contributed by atoms with Crippen molar-refractivity contribution in [1.29, 1.82) is 0 Å². The van der Waals surface area contributed by atoms with Crippen molar-refractivity contribution < 1.29 is 9.18 Å². The number of nitrogens with zero attached hydrogens (tertiary/aromatic N) is 3. The first-order valence-corrected chi connectivity index (χ1v) is 10.1. The van der Waals surface area contributed by atoms with Gasteiger partial charge in [-0.3, -0.25) is 9.79 Å². The van der Waals surface area contributed by atoms with Crippen molar-refractivity contribution in [2.45, 2.75) is 26.2 Å². The summed E-state index contributed by atoms with van der Waals surface area (Å²) >= 11 is 0. The number of carbonyl (C=O) groups excluding carboxylic acids is 1. The molecule has 1 aromatic rings. The van der Waals surface area contributed by atoms with Crippen LogP contribution in [-0.4, -0.2) is 49.5 Å². The summed E-state index contributed by atoms with van der Waals surface area (Å²) in [6.45, 7) is 3.41. The highest BCUT2D eigenvalue weighted by Gasteiger charge is 2.26. The van der Waals surface area contributed by atoms with Crippen molar-refractivity contribution in [2.75, 3.05) is 26.7 Å². The third-order valence-electron chi connectivity index (χ3n) is 5.37. The molecule has 0 bridgehead atoms. The first-order chi connectivity index (χ1) is 14.4. The molecular weight excluding hydrogens is 383 g/mol. The van der Waals surface area contributed by atoms with E-state index in [1.807, 2.05) is 0 Å². The lowest BCUT2D eigenvalue weighted by Crippen LogP contribution is -2.41. The van der Waals surface area contributed by atoms with Gasteiger partial charge in [0.2, 0.25) is 5.91 Å². The van der Waals surface area contributed by atoms with Crippen LogP contribution >= 0.6 is 0 Å². The van der Waals surface area contributed by atoms with E-state index in [9.17, 15) is 9.18 Å². The van der Waals surface area contributed by atoms with Crippen molar-refractivity contribution in [3.63, 3.8) is 0 Å². The van der Waals surface area contributed by atoms with Gasteiger partial charge in [-0.2, -0.15) is 0 Å². The van der Waals surface area contributed by atoms with Crippen LogP contribution < -0.4 is 16.8 Å². The van der Waals surface area contributed by atoms with Crippen LogP contribution in [0.2, 0.25) is 0 Å². The second-order valence-electron chi connectivity index (χ2n) is 7.64. The Kier molecular flexibility index (Phi) is 6.87. The standard InChI is InChI=1S/C22H29FN6O/c1-14(30)29-8-7-20(27-11-15-3-4-15)18(13-29)22(25)28-21-9-16(5-6-19(21)23)17(10-24)12-26-2/h5-6,9-10,12,15,27H,3-4,7-8,11,13,24H2,1-2H3,(H2,25,28). The number of amidine groups is 1. The number of nitrogens with two attached hydrogens (primary N) is 2. The molecule has 3 rings (SSSR count). The first kappa shape index (κ1) is 21.5. The molecule has 30 heavy (non-hydrogen) atoms. The lowest BCUT2D eigenvalue weighted by molar-refractivity contribution is -0.128. The maximum absolute atomic E-state index is 14.5. The molecule has 1 aromatic carbocycles. The van der Waals surface area contributed by atoms with Crippen LogP contribution in [0.25, 0.3) is 5.57 Å². The highest BCUT2D eigenvalue weighted by atomic mass is 19.1. The number of aliphatic imine (C=N–C) groups is 2. The molecule has 1 saturated carbocycles. The van der Waals surface area contributed by atoms with Gasteiger partial charge in [-0.1, -0.05) is 6.07 Å². The van der Waals surface area contributed by atoms with E-state index in [1.54, 1.807) is 30.3 Å². The molecule has 8 heteroatoms. The Labute approximate surface area is 176 Å². The topological polar surface area (TPSA) is 109 Å². The number of hydrogen-bond donors (Lipinski definition) is 3. The van der Waals surface area contributed by atoms with Crippen molar-refractivity contribution in [3.05, 3.63) is 47.0 Å². The predicted octanol–water partition coefficient (Wildman–Crippen LogP) is 2.32. The second kappa shape index (κ2) is 9.56. The molecular formula is C22H29FN6O. The summed E-state index contributed by atoms with van der Waals surface area (Å²) in [4.78, 5) is 22.0. The maximum atomic E-state index is 14.5. The van der Waals surface area contributed by atoms with E-state index in [0.717, 1.165) is 17.8 Å². The van der Waals surface area contributed by atoms with Gasteiger partial charge in [-0.05, 0) is 36.5 Å². The Morgan fingerprint density at radius 1 is 1.40 bits per heavy atom. The highest BCUT2D eigenvalue weighted by molar-refractivity contribution is 6.10. The summed E-state index contributed by atoms with van der Waals surface area (Å²) in [5, 5.41) is 3.47. The lowest BCUT2D eigenvalue weighted by atomic mass is 10.0. The number of halogens is 1. The van der Waals surface area contributed by atoms with Crippen molar-refractivity contribution in [1.82, 2.24) is 10.2 Å². The molecule has 2 aliphatic rings. The Morgan fingerprint density at radius 3 is 2.80 bits per heavy atom. The van der Waals surface area contributed by atoms with Crippen LogP contribution in [0.15, 0.2) is 45.7 Å². The Hall–Kier alpha value is -3.16. The van der Waals surface area contributed by atoms with Crippen LogP contribution in [0.4, 0.5) is 10.1 Å². The predicted molar refractivity (Wildman–Crippen MR) is 119 cm³/mol. The molecule has 0 atom stereocenters. The lowest BCUT2D eigenvalue weighted by Gasteiger charge is -2.30. The zero-order chi connectivity index (χ0) is 21.7. The third-order valence-corrected chi connectivity index (χ3v) is 5.37. The van der Waals surface area contributed by atoms with Gasteiger partial charge in [0, 0.05) is 62.7 Å².